The number of rotatable bonds is 11. The molecular formula is C114H71N9S3. The van der Waals surface area contributed by atoms with E-state index in [0.29, 0.717) is 0 Å². The number of benzene rings is 17. The molecule has 0 N–H and O–H groups in total. The Bertz CT molecular complexity index is 8680. The quantitative estimate of drug-likeness (QED) is 0.128. The molecule has 26 rings (SSSR count). The maximum Gasteiger partial charge on any atom is 0.162 e. The van der Waals surface area contributed by atoms with Crippen LogP contribution < -0.4 is 0 Å². The second kappa shape index (κ2) is 31.2. The van der Waals surface area contributed by atoms with Crippen molar-refractivity contribution in [1.82, 2.24) is 43.6 Å². The first-order valence-corrected chi connectivity index (χ1v) is 44.7. The lowest BCUT2D eigenvalue weighted by molar-refractivity contribution is 1.05. The van der Waals surface area contributed by atoms with Gasteiger partial charge >= 0.3 is 0 Å². The summed E-state index contributed by atoms with van der Waals surface area (Å²) in [5.74, 6) is 3.03. The van der Waals surface area contributed by atoms with Crippen LogP contribution in [0.15, 0.2) is 431 Å². The molecule has 0 atom stereocenters. The van der Waals surface area contributed by atoms with Crippen molar-refractivity contribution in [1.29, 1.82) is 0 Å². The molecule has 26 aromatic rings. The molecule has 0 spiro atoms. The number of hydrogen-bond donors (Lipinski definition) is 0. The van der Waals surface area contributed by atoms with Crippen molar-refractivity contribution in [2.75, 3.05) is 0 Å². The van der Waals surface area contributed by atoms with Crippen LogP contribution in [0.5, 0.6) is 0 Å². The van der Waals surface area contributed by atoms with Gasteiger partial charge in [0.2, 0.25) is 0 Å². The zero-order valence-corrected chi connectivity index (χ0v) is 70.2. The number of para-hydroxylation sites is 7. The number of fused-ring (bicyclic) bond motifs is 18. The molecule has 9 aromatic heterocycles. The third kappa shape index (κ3) is 12.9. The number of thiophene rings is 3. The van der Waals surface area contributed by atoms with Gasteiger partial charge in [-0.2, -0.15) is 0 Å². The summed E-state index contributed by atoms with van der Waals surface area (Å²) in [5, 5.41) is 15.0. The smallest absolute Gasteiger partial charge is 0.162 e. The minimum Gasteiger partial charge on any atom is -0.309 e. The minimum atomic E-state index is 0.718. The Balaban J connectivity index is 0.000000106. The van der Waals surface area contributed by atoms with Gasteiger partial charge in [-0.05, 0) is 84.9 Å². The summed E-state index contributed by atoms with van der Waals surface area (Å²) in [4.78, 5) is 31.1. The molecule has 0 fully saturated rings. The van der Waals surface area contributed by atoms with Crippen molar-refractivity contribution in [3.05, 3.63) is 431 Å². The highest BCUT2D eigenvalue weighted by molar-refractivity contribution is 7.27. The first-order valence-electron chi connectivity index (χ1n) is 42.2. The van der Waals surface area contributed by atoms with Crippen molar-refractivity contribution in [2.45, 2.75) is 0 Å². The Morgan fingerprint density at radius 1 is 0.175 bits per heavy atom. The Kier molecular flexibility index (Phi) is 18.3. The van der Waals surface area contributed by atoms with Crippen LogP contribution in [-0.4, -0.2) is 43.6 Å². The molecule has 9 nitrogen and oxygen atoms in total. The van der Waals surface area contributed by atoms with E-state index >= 15 is 0 Å². The fourth-order valence-electron chi connectivity index (χ4n) is 18.4. The first kappa shape index (κ1) is 73.9. The third-order valence-corrected chi connectivity index (χ3v) is 27.7. The molecule has 12 heteroatoms. The van der Waals surface area contributed by atoms with Crippen molar-refractivity contribution >= 4 is 160 Å². The van der Waals surface area contributed by atoms with Crippen molar-refractivity contribution in [3.63, 3.8) is 0 Å². The number of aromatic nitrogens is 9. The molecule has 0 saturated carbocycles. The van der Waals surface area contributed by atoms with Crippen LogP contribution in [0.3, 0.4) is 0 Å². The van der Waals surface area contributed by atoms with Gasteiger partial charge in [0.1, 0.15) is 5.82 Å². The molecule has 9 heterocycles. The maximum atomic E-state index is 5.26. The van der Waals surface area contributed by atoms with Crippen LogP contribution in [0.1, 0.15) is 0 Å². The molecule has 126 heavy (non-hydrogen) atoms. The topological polar surface area (TPSA) is 92.1 Å². The molecule has 0 bridgehead atoms. The van der Waals surface area contributed by atoms with E-state index in [0.717, 1.165) is 130 Å². The van der Waals surface area contributed by atoms with Gasteiger partial charge in [0.05, 0.1) is 61.6 Å². The lowest BCUT2D eigenvalue weighted by Crippen LogP contribution is -2.02. The molecule has 0 radical (unpaired) electrons. The van der Waals surface area contributed by atoms with E-state index < -0.39 is 0 Å². The van der Waals surface area contributed by atoms with Crippen molar-refractivity contribution in [2.24, 2.45) is 0 Å². The monoisotopic (exact) mass is 1660 g/mol. The van der Waals surface area contributed by atoms with Gasteiger partial charge in [0.25, 0.3) is 0 Å². The van der Waals surface area contributed by atoms with E-state index in [1.165, 1.54) is 104 Å². The Morgan fingerprint density at radius 3 is 0.921 bits per heavy atom. The molecule has 0 aliphatic heterocycles. The van der Waals surface area contributed by atoms with E-state index in [2.05, 4.69) is 390 Å². The van der Waals surface area contributed by atoms with Crippen molar-refractivity contribution in [3.8, 4) is 108 Å². The van der Waals surface area contributed by atoms with Gasteiger partial charge < -0.3 is 9.13 Å². The maximum absolute atomic E-state index is 5.26. The average molecular weight is 1660 g/mol. The molecule has 0 unspecified atom stereocenters. The van der Waals surface area contributed by atoms with E-state index in [1.54, 1.807) is 0 Å². The highest BCUT2D eigenvalue weighted by Crippen LogP contribution is 2.47. The summed E-state index contributed by atoms with van der Waals surface area (Å²) >= 11 is 5.48. The summed E-state index contributed by atoms with van der Waals surface area (Å²) in [5.41, 5.74) is 22.3. The van der Waals surface area contributed by atoms with Crippen LogP contribution in [-0.2, 0) is 0 Å². The number of hydrogen-bond acceptors (Lipinski definition) is 9. The van der Waals surface area contributed by atoms with Gasteiger partial charge in [-0.1, -0.05) is 340 Å². The third-order valence-electron chi connectivity index (χ3n) is 24.1. The molecule has 17 aromatic carbocycles. The summed E-state index contributed by atoms with van der Waals surface area (Å²) < 4.78 is 14.6. The predicted octanol–water partition coefficient (Wildman–Crippen LogP) is 31.2. The first-order chi connectivity index (χ1) is 62.5. The van der Waals surface area contributed by atoms with Crippen LogP contribution in [0.4, 0.5) is 0 Å². The predicted molar refractivity (Wildman–Crippen MR) is 531 cm³/mol. The summed E-state index contributed by atoms with van der Waals surface area (Å²) in [6, 6.07) is 152. The normalized spacial score (nSPS) is 11.7. The van der Waals surface area contributed by atoms with Gasteiger partial charge in [0, 0.05) is 155 Å². The fourth-order valence-corrected chi connectivity index (χ4v) is 22.0. The standard InChI is InChI=1S/2C40H25N3S.C34H21N3S/c1-3-13-26(14-4-1)40-41-34(25-35(42-40)33-22-12-20-31-29-18-8-10-24-37(29)44-39(31)33)32-21-11-19-30-28-17-7-9-23-36(28)43(38(30)32)27-15-5-2-6-16-27;1-3-12-26(13-4-1)40-41-34(25-35(42-40)33-19-11-18-32-31-17-8-10-21-38(31)44-39(32)33)27-22-23-30-29-16-7-9-20-36(29)43(37(30)24-27)28-14-5-2-6-15-28;1-2-11-22(12-3-1)34-35-28(27-17-10-16-26-25-15-6-9-20-31(25)38-33(26)27)21-32(36-34)37-29-18-7-4-13-23(29)24-14-5-8-19-30(24)37/h2*1-25H;1-21H. The molecule has 0 saturated heterocycles. The molecule has 590 valence electrons. The van der Waals surface area contributed by atoms with E-state index in [1.807, 2.05) is 88.6 Å². The second-order valence-electron chi connectivity index (χ2n) is 31.5. The molecule has 0 amide bonds. The van der Waals surface area contributed by atoms with Gasteiger partial charge in [0.15, 0.2) is 17.5 Å². The second-order valence-corrected chi connectivity index (χ2v) is 34.6. The average Bonchev–Trinajstić information content (AvgIpc) is 1.58. The summed E-state index contributed by atoms with van der Waals surface area (Å²) in [7, 11) is 0. The minimum absolute atomic E-state index is 0.718. The lowest BCUT2D eigenvalue weighted by atomic mass is 10.0. The van der Waals surface area contributed by atoms with Crippen LogP contribution in [0.25, 0.3) is 234 Å². The Labute approximate surface area is 736 Å². The van der Waals surface area contributed by atoms with E-state index in [-0.39, 0.29) is 0 Å². The van der Waals surface area contributed by atoms with Crippen LogP contribution in [0.2, 0.25) is 0 Å². The fraction of sp³-hybridized carbons (Fsp3) is 0. The zero-order valence-electron chi connectivity index (χ0n) is 67.7. The molecule has 0 aliphatic carbocycles. The van der Waals surface area contributed by atoms with E-state index in [9.17, 15) is 0 Å². The highest BCUT2D eigenvalue weighted by atomic mass is 32.1. The summed E-state index contributed by atoms with van der Waals surface area (Å²) in [6.45, 7) is 0. The molecule has 0 aliphatic rings. The van der Waals surface area contributed by atoms with Crippen LogP contribution >= 0.6 is 34.0 Å². The number of nitrogens with zero attached hydrogens (tertiary/aromatic N) is 9. The zero-order chi connectivity index (χ0) is 83.1. The molecular weight excluding hydrogens is 1590 g/mol. The van der Waals surface area contributed by atoms with Gasteiger partial charge in [-0.3, -0.25) is 4.57 Å². The highest BCUT2D eigenvalue weighted by Gasteiger charge is 2.25. The lowest BCUT2D eigenvalue weighted by Gasteiger charge is -2.13. The van der Waals surface area contributed by atoms with Crippen LogP contribution in [0, 0.1) is 0 Å². The largest absolute Gasteiger partial charge is 0.309 e. The summed E-state index contributed by atoms with van der Waals surface area (Å²) in [6.07, 6.45) is 0. The SMILES string of the molecule is c1ccc(-c2nc(-c3ccc4c5ccccc5n(-c5ccccc5)c4c3)cc(-c3cccc4c3sc3ccccc34)n2)cc1.c1ccc(-c2nc(-c3cccc4c3sc3ccccc34)cc(-c3cccc4c5ccccc5n(-c5ccccc5)c34)n2)cc1.c1ccc(-c2nc(-c3cccc4c3sc3ccccc34)cc(-n3c4ccccc4c4ccccc43)n2)cc1. The Hall–Kier alpha value is -16.0. The van der Waals surface area contributed by atoms with Crippen molar-refractivity contribution < 1.29 is 0 Å². The van der Waals surface area contributed by atoms with Gasteiger partial charge in [-0.15, -0.1) is 34.0 Å². The van der Waals surface area contributed by atoms with E-state index in [4.69, 9.17) is 29.9 Å². The van der Waals surface area contributed by atoms with Gasteiger partial charge in [-0.25, -0.2) is 29.9 Å². The Morgan fingerprint density at radius 2 is 0.476 bits per heavy atom.